The highest BCUT2D eigenvalue weighted by atomic mass is 35.5. The predicted octanol–water partition coefficient (Wildman–Crippen LogP) is 2.45. The molecule has 1 aromatic carbocycles. The molecular formula is C18H23ClF3N5O2. The molecule has 3 rings (SSSR count). The lowest BCUT2D eigenvalue weighted by atomic mass is 9.79. The number of hydrogen-bond acceptors (Lipinski definition) is 5. The molecule has 29 heavy (non-hydrogen) atoms. The number of carbonyl (C=O) groups excluding carboxylic acids is 1. The number of methoxy groups -OCH3 is 1. The summed E-state index contributed by atoms with van der Waals surface area (Å²) in [5.41, 5.74) is -1.25. The number of nitrogens with one attached hydrogen (secondary N) is 2. The summed E-state index contributed by atoms with van der Waals surface area (Å²) in [7, 11) is 1.62. The standard InChI is InChI=1S/C18H22F3N5O2.ClH/c1-28-12-17(6-8-22-9-7-17)11-23-16(27)14-10-26(25-24-14)15-5-3-2-4-13(15)18(19,20)21;/h2-5,10,22H,6-9,11-12H2,1H3,(H,23,27);1H. The lowest BCUT2D eigenvalue weighted by Crippen LogP contribution is -2.47. The average molecular weight is 434 g/mol. The van der Waals surface area contributed by atoms with Crippen molar-refractivity contribution in [2.45, 2.75) is 19.0 Å². The molecule has 1 amide bonds. The molecule has 0 unspecified atom stereocenters. The van der Waals surface area contributed by atoms with Gasteiger partial charge in [-0.2, -0.15) is 13.2 Å². The largest absolute Gasteiger partial charge is 0.418 e. The first-order valence-electron chi connectivity index (χ1n) is 8.91. The normalized spacial score (nSPS) is 16.1. The zero-order valence-corrected chi connectivity index (χ0v) is 16.6. The highest BCUT2D eigenvalue weighted by Gasteiger charge is 2.35. The van der Waals surface area contributed by atoms with Crippen LogP contribution in [0.4, 0.5) is 13.2 Å². The van der Waals surface area contributed by atoms with Crippen LogP contribution < -0.4 is 10.6 Å². The topological polar surface area (TPSA) is 81.1 Å². The molecule has 1 aromatic heterocycles. The smallest absolute Gasteiger partial charge is 0.384 e. The molecule has 2 heterocycles. The molecule has 0 aliphatic carbocycles. The van der Waals surface area contributed by atoms with Gasteiger partial charge in [-0.05, 0) is 38.1 Å². The zero-order valence-electron chi connectivity index (χ0n) is 15.8. The van der Waals surface area contributed by atoms with E-state index in [4.69, 9.17) is 4.74 Å². The SMILES string of the molecule is COCC1(CNC(=O)c2cn(-c3ccccc3C(F)(F)F)nn2)CCNCC1.Cl. The Labute approximate surface area is 172 Å². The molecule has 2 N–H and O–H groups in total. The van der Waals surface area contributed by atoms with Crippen molar-refractivity contribution >= 4 is 18.3 Å². The molecule has 0 radical (unpaired) electrons. The fraction of sp³-hybridized carbons (Fsp3) is 0.500. The second-order valence-corrected chi connectivity index (χ2v) is 6.93. The van der Waals surface area contributed by atoms with Crippen LogP contribution >= 0.6 is 12.4 Å². The summed E-state index contributed by atoms with van der Waals surface area (Å²) >= 11 is 0. The molecule has 2 aromatic rings. The van der Waals surface area contributed by atoms with E-state index in [9.17, 15) is 18.0 Å². The van der Waals surface area contributed by atoms with E-state index in [1.165, 1.54) is 24.4 Å². The zero-order chi connectivity index (χ0) is 20.2. The summed E-state index contributed by atoms with van der Waals surface area (Å²) in [6.07, 6.45) is -1.63. The Kier molecular flexibility index (Phi) is 7.61. The predicted molar refractivity (Wildman–Crippen MR) is 102 cm³/mol. The first-order valence-corrected chi connectivity index (χ1v) is 8.91. The van der Waals surface area contributed by atoms with Crippen LogP contribution in [0.5, 0.6) is 0 Å². The third-order valence-electron chi connectivity index (χ3n) is 4.92. The Bertz CT molecular complexity index is 816. The number of rotatable bonds is 6. The van der Waals surface area contributed by atoms with E-state index in [-0.39, 0.29) is 29.2 Å². The van der Waals surface area contributed by atoms with Gasteiger partial charge in [0.1, 0.15) is 0 Å². The monoisotopic (exact) mass is 433 g/mol. The Morgan fingerprint density at radius 3 is 2.66 bits per heavy atom. The fourth-order valence-electron chi connectivity index (χ4n) is 3.39. The molecule has 7 nitrogen and oxygen atoms in total. The first kappa shape index (κ1) is 23.1. The minimum Gasteiger partial charge on any atom is -0.384 e. The third-order valence-corrected chi connectivity index (χ3v) is 4.92. The Hall–Kier alpha value is -2.17. The maximum absolute atomic E-state index is 13.2. The van der Waals surface area contributed by atoms with Gasteiger partial charge in [-0.15, -0.1) is 17.5 Å². The summed E-state index contributed by atoms with van der Waals surface area (Å²) in [4.78, 5) is 12.5. The summed E-state index contributed by atoms with van der Waals surface area (Å²) in [6, 6.07) is 5.01. The van der Waals surface area contributed by atoms with Crippen LogP contribution in [-0.4, -0.2) is 54.3 Å². The fourth-order valence-corrected chi connectivity index (χ4v) is 3.39. The number of piperidine rings is 1. The molecule has 11 heteroatoms. The number of para-hydroxylation sites is 1. The molecule has 1 saturated heterocycles. The molecule has 160 valence electrons. The number of aromatic nitrogens is 3. The molecule has 1 fully saturated rings. The quantitative estimate of drug-likeness (QED) is 0.731. The van der Waals surface area contributed by atoms with E-state index in [2.05, 4.69) is 20.9 Å². The van der Waals surface area contributed by atoms with Gasteiger partial charge in [-0.25, -0.2) is 4.68 Å². The summed E-state index contributed by atoms with van der Waals surface area (Å²) < 4.78 is 45.8. The summed E-state index contributed by atoms with van der Waals surface area (Å²) in [6.45, 7) is 2.58. The van der Waals surface area contributed by atoms with E-state index in [0.717, 1.165) is 36.7 Å². The van der Waals surface area contributed by atoms with Gasteiger partial charge >= 0.3 is 6.18 Å². The van der Waals surface area contributed by atoms with Crippen LogP contribution in [0.3, 0.4) is 0 Å². The Balaban J connectivity index is 0.00000300. The van der Waals surface area contributed by atoms with Gasteiger partial charge in [0.25, 0.3) is 5.91 Å². The summed E-state index contributed by atoms with van der Waals surface area (Å²) in [5.74, 6) is -0.482. The number of nitrogens with zero attached hydrogens (tertiary/aromatic N) is 3. The average Bonchev–Trinajstić information content (AvgIpc) is 3.17. The second-order valence-electron chi connectivity index (χ2n) is 6.93. The number of hydrogen-bond donors (Lipinski definition) is 2. The van der Waals surface area contributed by atoms with Crippen molar-refractivity contribution in [2.24, 2.45) is 5.41 Å². The first-order chi connectivity index (χ1) is 13.3. The minimum atomic E-state index is -4.54. The number of halogens is 4. The van der Waals surface area contributed by atoms with Crippen LogP contribution in [0, 0.1) is 5.41 Å². The van der Waals surface area contributed by atoms with Gasteiger partial charge in [0, 0.05) is 19.1 Å². The van der Waals surface area contributed by atoms with Gasteiger partial charge in [-0.3, -0.25) is 4.79 Å². The molecule has 0 spiro atoms. The number of ether oxygens (including phenoxy) is 1. The number of carbonyl (C=O) groups is 1. The maximum atomic E-state index is 13.2. The van der Waals surface area contributed by atoms with Crippen molar-refractivity contribution in [2.75, 3.05) is 33.4 Å². The number of amides is 1. The van der Waals surface area contributed by atoms with E-state index >= 15 is 0 Å². The van der Waals surface area contributed by atoms with E-state index < -0.39 is 17.6 Å². The highest BCUT2D eigenvalue weighted by Crippen LogP contribution is 2.33. The van der Waals surface area contributed by atoms with Gasteiger partial charge in [0.05, 0.1) is 24.1 Å². The summed E-state index contributed by atoms with van der Waals surface area (Å²) in [5, 5.41) is 13.5. The lowest BCUT2D eigenvalue weighted by Gasteiger charge is -2.37. The van der Waals surface area contributed by atoms with Crippen molar-refractivity contribution in [3.05, 3.63) is 41.7 Å². The van der Waals surface area contributed by atoms with Gasteiger partial charge in [0.15, 0.2) is 5.69 Å². The highest BCUT2D eigenvalue weighted by molar-refractivity contribution is 5.91. The van der Waals surface area contributed by atoms with Crippen LogP contribution in [0.25, 0.3) is 5.69 Å². The minimum absolute atomic E-state index is 0. The molecule has 0 saturated carbocycles. The third kappa shape index (κ3) is 5.46. The van der Waals surface area contributed by atoms with Crippen LogP contribution in [0.2, 0.25) is 0 Å². The molecule has 1 aliphatic rings. The Morgan fingerprint density at radius 2 is 2.00 bits per heavy atom. The van der Waals surface area contributed by atoms with Crippen molar-refractivity contribution in [3.63, 3.8) is 0 Å². The van der Waals surface area contributed by atoms with Gasteiger partial charge in [0.2, 0.25) is 0 Å². The van der Waals surface area contributed by atoms with Crippen molar-refractivity contribution in [1.29, 1.82) is 0 Å². The number of alkyl halides is 3. The van der Waals surface area contributed by atoms with Crippen LogP contribution in [0.15, 0.2) is 30.5 Å². The van der Waals surface area contributed by atoms with Gasteiger partial charge in [-0.1, -0.05) is 17.3 Å². The number of benzene rings is 1. The van der Waals surface area contributed by atoms with Gasteiger partial charge < -0.3 is 15.4 Å². The van der Waals surface area contributed by atoms with Crippen LogP contribution in [0.1, 0.15) is 28.9 Å². The van der Waals surface area contributed by atoms with E-state index in [1.54, 1.807) is 7.11 Å². The van der Waals surface area contributed by atoms with E-state index in [0.29, 0.717) is 13.2 Å². The van der Waals surface area contributed by atoms with Crippen molar-refractivity contribution in [1.82, 2.24) is 25.6 Å². The van der Waals surface area contributed by atoms with E-state index in [1.807, 2.05) is 0 Å². The lowest BCUT2D eigenvalue weighted by molar-refractivity contribution is -0.137. The molecule has 0 bridgehead atoms. The molecular weight excluding hydrogens is 411 g/mol. The second kappa shape index (κ2) is 9.55. The molecule has 0 atom stereocenters. The Morgan fingerprint density at radius 1 is 1.31 bits per heavy atom. The maximum Gasteiger partial charge on any atom is 0.418 e. The van der Waals surface area contributed by atoms with Crippen molar-refractivity contribution < 1.29 is 22.7 Å². The van der Waals surface area contributed by atoms with Crippen molar-refractivity contribution in [3.8, 4) is 5.69 Å². The molecule has 1 aliphatic heterocycles. The van der Waals surface area contributed by atoms with Crippen LogP contribution in [-0.2, 0) is 10.9 Å².